The van der Waals surface area contributed by atoms with Crippen LogP contribution in [0.4, 0.5) is 0 Å². The number of carbonyl (C=O) groups is 1. The fourth-order valence-electron chi connectivity index (χ4n) is 0.914. The molecule has 1 rings (SSSR count). The molecule has 60 valence electrons. The van der Waals surface area contributed by atoms with Gasteiger partial charge in [-0.15, -0.1) is 0 Å². The molecular formula is C9H6BrNO. The van der Waals surface area contributed by atoms with Crippen LogP contribution in [0, 0.1) is 11.3 Å². The van der Waals surface area contributed by atoms with Crippen LogP contribution < -0.4 is 0 Å². The van der Waals surface area contributed by atoms with Crippen molar-refractivity contribution in [2.75, 3.05) is 0 Å². The summed E-state index contributed by atoms with van der Waals surface area (Å²) in [7, 11) is 0. The molecule has 12 heavy (non-hydrogen) atoms. The lowest BCUT2D eigenvalue weighted by Crippen LogP contribution is -1.89. The van der Waals surface area contributed by atoms with E-state index >= 15 is 0 Å². The zero-order valence-corrected chi connectivity index (χ0v) is 7.84. The zero-order chi connectivity index (χ0) is 8.97. The second-order valence-electron chi connectivity index (χ2n) is 2.26. The quantitative estimate of drug-likeness (QED) is 0.721. The first kappa shape index (κ1) is 8.95. The molecule has 0 aliphatic heterocycles. The summed E-state index contributed by atoms with van der Waals surface area (Å²) in [5.74, 6) is 0. The van der Waals surface area contributed by atoms with Crippen molar-refractivity contribution >= 4 is 22.2 Å². The maximum atomic E-state index is 10.2. The first-order valence-corrected chi connectivity index (χ1v) is 4.20. The Labute approximate surface area is 78.9 Å². The van der Waals surface area contributed by atoms with Gasteiger partial charge in [-0.25, -0.2) is 0 Å². The largest absolute Gasteiger partial charge is 0.303 e. The lowest BCUT2D eigenvalue weighted by molar-refractivity contribution is -0.107. The molecule has 0 aliphatic carbocycles. The van der Waals surface area contributed by atoms with Crippen LogP contribution in [0.25, 0.3) is 0 Å². The third-order valence-corrected chi connectivity index (χ3v) is 2.44. The molecule has 0 radical (unpaired) electrons. The minimum atomic E-state index is 0.343. The highest BCUT2D eigenvalue weighted by Crippen LogP contribution is 2.20. The second kappa shape index (κ2) is 4.03. The molecule has 0 aliphatic rings. The molecule has 1 aromatic carbocycles. The number of hydrogen-bond donors (Lipinski definition) is 0. The van der Waals surface area contributed by atoms with Crippen molar-refractivity contribution in [2.24, 2.45) is 0 Å². The van der Waals surface area contributed by atoms with Gasteiger partial charge in [0.05, 0.1) is 5.56 Å². The van der Waals surface area contributed by atoms with E-state index in [1.807, 2.05) is 12.1 Å². The summed E-state index contributed by atoms with van der Waals surface area (Å²) >= 11 is 3.26. The van der Waals surface area contributed by atoms with Gasteiger partial charge >= 0.3 is 0 Å². The molecule has 0 bridgehead atoms. The molecule has 0 unspecified atom stereocenters. The van der Waals surface area contributed by atoms with Crippen LogP contribution in [0.3, 0.4) is 0 Å². The average molecular weight is 224 g/mol. The van der Waals surface area contributed by atoms with E-state index in [4.69, 9.17) is 5.26 Å². The molecule has 0 atom stereocenters. The van der Waals surface area contributed by atoms with Crippen LogP contribution in [0.15, 0.2) is 22.7 Å². The molecule has 0 saturated heterocycles. The Bertz CT molecular complexity index is 341. The first-order valence-electron chi connectivity index (χ1n) is 3.40. The molecule has 0 aromatic heterocycles. The van der Waals surface area contributed by atoms with Gasteiger partial charge in [-0.1, -0.05) is 12.1 Å². The van der Waals surface area contributed by atoms with Crippen LogP contribution in [0.2, 0.25) is 0 Å². The molecule has 0 saturated carbocycles. The summed E-state index contributed by atoms with van der Waals surface area (Å²) in [6.07, 6.45) is 1.16. The van der Waals surface area contributed by atoms with Crippen molar-refractivity contribution in [3.05, 3.63) is 33.8 Å². The van der Waals surface area contributed by atoms with Gasteiger partial charge in [-0.05, 0) is 27.6 Å². The smallest absolute Gasteiger partial charge is 0.124 e. The number of rotatable bonds is 2. The molecule has 0 N–H and O–H groups in total. The van der Waals surface area contributed by atoms with E-state index in [0.717, 1.165) is 16.3 Å². The van der Waals surface area contributed by atoms with Gasteiger partial charge in [0.1, 0.15) is 12.4 Å². The first-order chi connectivity index (χ1) is 5.79. The van der Waals surface area contributed by atoms with Crippen molar-refractivity contribution in [1.82, 2.24) is 0 Å². The highest BCUT2D eigenvalue weighted by molar-refractivity contribution is 9.10. The Hall–Kier alpha value is -1.14. The molecule has 0 heterocycles. The van der Waals surface area contributed by atoms with Gasteiger partial charge in [-0.2, -0.15) is 5.26 Å². The Kier molecular flexibility index (Phi) is 3.01. The van der Waals surface area contributed by atoms with E-state index in [9.17, 15) is 4.79 Å². The highest BCUT2D eigenvalue weighted by atomic mass is 79.9. The van der Waals surface area contributed by atoms with Gasteiger partial charge in [0.25, 0.3) is 0 Å². The zero-order valence-electron chi connectivity index (χ0n) is 6.25. The van der Waals surface area contributed by atoms with E-state index in [1.165, 1.54) is 0 Å². The minimum absolute atomic E-state index is 0.343. The lowest BCUT2D eigenvalue weighted by Gasteiger charge is -2.00. The summed E-state index contributed by atoms with van der Waals surface area (Å²) in [6.45, 7) is 0. The van der Waals surface area contributed by atoms with Crippen LogP contribution in [0.1, 0.15) is 11.1 Å². The minimum Gasteiger partial charge on any atom is -0.303 e. The Morgan fingerprint density at radius 3 is 2.92 bits per heavy atom. The SMILES string of the molecule is N#Cc1cccc(CC=O)c1Br. The molecule has 0 amide bonds. The number of hydrogen-bond acceptors (Lipinski definition) is 2. The van der Waals surface area contributed by atoms with E-state index in [1.54, 1.807) is 12.1 Å². The third kappa shape index (κ3) is 1.72. The summed E-state index contributed by atoms with van der Waals surface area (Å²) in [5, 5.41) is 8.64. The van der Waals surface area contributed by atoms with E-state index < -0.39 is 0 Å². The number of aldehydes is 1. The van der Waals surface area contributed by atoms with Crippen molar-refractivity contribution in [2.45, 2.75) is 6.42 Å². The molecule has 2 nitrogen and oxygen atoms in total. The van der Waals surface area contributed by atoms with Gasteiger partial charge in [0.2, 0.25) is 0 Å². The summed E-state index contributed by atoms with van der Waals surface area (Å²) in [4.78, 5) is 10.2. The van der Waals surface area contributed by atoms with Gasteiger partial charge in [-0.3, -0.25) is 0 Å². The van der Waals surface area contributed by atoms with Gasteiger partial charge < -0.3 is 4.79 Å². The van der Waals surface area contributed by atoms with E-state index in [2.05, 4.69) is 15.9 Å². The van der Waals surface area contributed by atoms with Crippen LogP contribution in [-0.4, -0.2) is 6.29 Å². The summed E-state index contributed by atoms with van der Waals surface area (Å²) < 4.78 is 0.722. The predicted octanol–water partition coefficient (Wildman–Crippen LogP) is 2.06. The average Bonchev–Trinajstić information content (AvgIpc) is 2.09. The Morgan fingerprint density at radius 1 is 1.58 bits per heavy atom. The molecule has 3 heteroatoms. The monoisotopic (exact) mass is 223 g/mol. The molecular weight excluding hydrogens is 218 g/mol. The maximum absolute atomic E-state index is 10.2. The van der Waals surface area contributed by atoms with E-state index in [-0.39, 0.29) is 0 Å². The number of nitriles is 1. The summed E-state index contributed by atoms with van der Waals surface area (Å²) in [6, 6.07) is 7.32. The number of nitrogens with zero attached hydrogens (tertiary/aromatic N) is 1. The summed E-state index contributed by atoms with van der Waals surface area (Å²) in [5.41, 5.74) is 1.42. The second-order valence-corrected chi connectivity index (χ2v) is 3.05. The molecule has 0 fully saturated rings. The number of benzene rings is 1. The Balaban J connectivity index is 3.15. The molecule has 1 aromatic rings. The lowest BCUT2D eigenvalue weighted by atomic mass is 10.1. The van der Waals surface area contributed by atoms with Gasteiger partial charge in [0.15, 0.2) is 0 Å². The van der Waals surface area contributed by atoms with Crippen LogP contribution >= 0.6 is 15.9 Å². The van der Waals surface area contributed by atoms with E-state index in [0.29, 0.717) is 12.0 Å². The van der Waals surface area contributed by atoms with Crippen molar-refractivity contribution in [1.29, 1.82) is 5.26 Å². The van der Waals surface area contributed by atoms with Crippen LogP contribution in [-0.2, 0) is 11.2 Å². The standard InChI is InChI=1S/C9H6BrNO/c10-9-7(4-5-12)2-1-3-8(9)6-11/h1-3,5H,4H2. The fourth-order valence-corrected chi connectivity index (χ4v) is 1.43. The van der Waals surface area contributed by atoms with Crippen LogP contribution in [0.5, 0.6) is 0 Å². The normalized spacial score (nSPS) is 9.00. The topological polar surface area (TPSA) is 40.9 Å². The number of carbonyl (C=O) groups excluding carboxylic acids is 1. The van der Waals surface area contributed by atoms with Crippen molar-refractivity contribution in [3.63, 3.8) is 0 Å². The Morgan fingerprint density at radius 2 is 2.33 bits per heavy atom. The predicted molar refractivity (Wildman–Crippen MR) is 48.6 cm³/mol. The highest BCUT2D eigenvalue weighted by Gasteiger charge is 2.03. The molecule has 0 spiro atoms. The van der Waals surface area contributed by atoms with Crippen molar-refractivity contribution in [3.8, 4) is 6.07 Å². The number of halogens is 1. The van der Waals surface area contributed by atoms with Crippen molar-refractivity contribution < 1.29 is 4.79 Å². The fraction of sp³-hybridized carbons (Fsp3) is 0.111. The van der Waals surface area contributed by atoms with Gasteiger partial charge in [0, 0.05) is 10.9 Å². The third-order valence-electron chi connectivity index (χ3n) is 1.50. The maximum Gasteiger partial charge on any atom is 0.124 e.